The fourth-order valence-corrected chi connectivity index (χ4v) is 4.13. The summed E-state index contributed by atoms with van der Waals surface area (Å²) in [6.45, 7) is 0. The van der Waals surface area contributed by atoms with Crippen LogP contribution < -0.4 is 0 Å². The van der Waals surface area contributed by atoms with Crippen LogP contribution in [0.5, 0.6) is 0 Å². The predicted octanol–water partition coefficient (Wildman–Crippen LogP) is 8.01. The monoisotopic (exact) mass is 434 g/mol. The highest BCUT2D eigenvalue weighted by atomic mass is 79.9. The average molecular weight is 436 g/mol. The van der Waals surface area contributed by atoms with Crippen LogP contribution in [-0.2, 0) is 0 Å². The van der Waals surface area contributed by atoms with Crippen molar-refractivity contribution >= 4 is 60.3 Å². The standard InChI is InChI=1S/C20H13BrCl2S/c21-19(14-4-2-1-3-5-14)20(15-6-8-16(22)9-7-15)24-18-12-10-17(23)11-13-18/h1-13H/b20-19-. The van der Waals surface area contributed by atoms with E-state index in [1.165, 1.54) is 0 Å². The van der Waals surface area contributed by atoms with E-state index in [1.807, 2.05) is 66.7 Å². The Labute approximate surface area is 164 Å². The maximum absolute atomic E-state index is 6.04. The summed E-state index contributed by atoms with van der Waals surface area (Å²) in [6, 6.07) is 26.0. The molecule has 0 nitrogen and oxygen atoms in total. The molecule has 3 aromatic rings. The van der Waals surface area contributed by atoms with E-state index in [0.717, 1.165) is 35.5 Å². The van der Waals surface area contributed by atoms with Crippen molar-refractivity contribution in [2.45, 2.75) is 4.90 Å². The predicted molar refractivity (Wildman–Crippen MR) is 111 cm³/mol. The molecular formula is C20H13BrCl2S. The molecule has 0 aliphatic rings. The second kappa shape index (κ2) is 8.26. The van der Waals surface area contributed by atoms with E-state index in [2.05, 4.69) is 28.1 Å². The summed E-state index contributed by atoms with van der Waals surface area (Å²) >= 11 is 17.5. The van der Waals surface area contributed by atoms with Gasteiger partial charge in [0.1, 0.15) is 0 Å². The highest BCUT2D eigenvalue weighted by Gasteiger charge is 2.11. The van der Waals surface area contributed by atoms with Crippen LogP contribution in [0.25, 0.3) is 9.39 Å². The van der Waals surface area contributed by atoms with Crippen LogP contribution in [0.3, 0.4) is 0 Å². The second-order valence-electron chi connectivity index (χ2n) is 5.07. The number of halogens is 3. The summed E-state index contributed by atoms with van der Waals surface area (Å²) in [5.74, 6) is 0. The molecule has 0 unspecified atom stereocenters. The lowest BCUT2D eigenvalue weighted by Gasteiger charge is -2.12. The first-order valence-corrected chi connectivity index (χ1v) is 9.64. The van der Waals surface area contributed by atoms with Gasteiger partial charge in [0.05, 0.1) is 0 Å². The third-order valence-corrected chi connectivity index (χ3v) is 6.14. The Kier molecular flexibility index (Phi) is 6.07. The maximum atomic E-state index is 6.04. The molecule has 120 valence electrons. The van der Waals surface area contributed by atoms with Crippen molar-refractivity contribution in [1.29, 1.82) is 0 Å². The van der Waals surface area contributed by atoms with E-state index < -0.39 is 0 Å². The molecule has 0 fully saturated rings. The number of hydrogen-bond acceptors (Lipinski definition) is 1. The highest BCUT2D eigenvalue weighted by Crippen LogP contribution is 2.42. The van der Waals surface area contributed by atoms with Gasteiger partial charge in [0.15, 0.2) is 0 Å². The van der Waals surface area contributed by atoms with Crippen molar-refractivity contribution in [3.8, 4) is 0 Å². The molecule has 3 rings (SSSR count). The zero-order valence-electron chi connectivity index (χ0n) is 12.5. The van der Waals surface area contributed by atoms with E-state index >= 15 is 0 Å². The van der Waals surface area contributed by atoms with Crippen molar-refractivity contribution < 1.29 is 0 Å². The van der Waals surface area contributed by atoms with Crippen LogP contribution >= 0.6 is 50.9 Å². The molecule has 0 atom stereocenters. The van der Waals surface area contributed by atoms with Gasteiger partial charge in [-0.25, -0.2) is 0 Å². The quantitative estimate of drug-likeness (QED) is 0.295. The van der Waals surface area contributed by atoms with Gasteiger partial charge in [-0.1, -0.05) is 77.4 Å². The van der Waals surface area contributed by atoms with E-state index in [9.17, 15) is 0 Å². The van der Waals surface area contributed by atoms with Crippen LogP contribution in [0, 0.1) is 0 Å². The lowest BCUT2D eigenvalue weighted by Crippen LogP contribution is -1.85. The number of hydrogen-bond donors (Lipinski definition) is 0. The minimum absolute atomic E-state index is 0.727. The summed E-state index contributed by atoms with van der Waals surface area (Å²) in [5, 5.41) is 1.46. The van der Waals surface area contributed by atoms with Gasteiger partial charge >= 0.3 is 0 Å². The first-order valence-electron chi connectivity index (χ1n) is 7.28. The largest absolute Gasteiger partial charge is 0.0883 e. The Morgan fingerprint density at radius 3 is 1.79 bits per heavy atom. The fraction of sp³-hybridized carbons (Fsp3) is 0. The van der Waals surface area contributed by atoms with Crippen molar-refractivity contribution in [1.82, 2.24) is 0 Å². The molecule has 0 bridgehead atoms. The van der Waals surface area contributed by atoms with E-state index in [0.29, 0.717) is 0 Å². The van der Waals surface area contributed by atoms with Gasteiger partial charge in [0, 0.05) is 24.3 Å². The topological polar surface area (TPSA) is 0 Å². The molecule has 0 saturated heterocycles. The van der Waals surface area contributed by atoms with Gasteiger partial charge in [-0.15, -0.1) is 0 Å². The number of benzene rings is 3. The molecule has 24 heavy (non-hydrogen) atoms. The lowest BCUT2D eigenvalue weighted by atomic mass is 10.1. The molecule has 4 heteroatoms. The van der Waals surface area contributed by atoms with Crippen molar-refractivity contribution in [2.24, 2.45) is 0 Å². The van der Waals surface area contributed by atoms with Crippen molar-refractivity contribution in [2.75, 3.05) is 0 Å². The van der Waals surface area contributed by atoms with Crippen LogP contribution in [0.1, 0.15) is 11.1 Å². The van der Waals surface area contributed by atoms with Crippen LogP contribution in [0.2, 0.25) is 10.0 Å². The smallest absolute Gasteiger partial charge is 0.0406 e. The van der Waals surface area contributed by atoms with Gasteiger partial charge in [-0.05, 0) is 63.5 Å². The van der Waals surface area contributed by atoms with E-state index in [4.69, 9.17) is 23.2 Å². The summed E-state index contributed by atoms with van der Waals surface area (Å²) < 4.78 is 1.05. The van der Waals surface area contributed by atoms with E-state index in [-0.39, 0.29) is 0 Å². The Balaban J connectivity index is 2.06. The van der Waals surface area contributed by atoms with Gasteiger partial charge in [0.2, 0.25) is 0 Å². The summed E-state index contributed by atoms with van der Waals surface area (Å²) in [4.78, 5) is 2.25. The Hall–Kier alpha value is -1.19. The van der Waals surface area contributed by atoms with E-state index in [1.54, 1.807) is 11.8 Å². The Bertz CT molecular complexity index is 841. The molecule has 0 aromatic heterocycles. The molecule has 0 amide bonds. The lowest BCUT2D eigenvalue weighted by molar-refractivity contribution is 1.47. The molecule has 0 N–H and O–H groups in total. The van der Waals surface area contributed by atoms with Crippen molar-refractivity contribution in [3.63, 3.8) is 0 Å². The van der Waals surface area contributed by atoms with Crippen LogP contribution in [0.4, 0.5) is 0 Å². The number of rotatable bonds is 4. The number of thioether (sulfide) groups is 1. The molecule has 0 saturated carbocycles. The molecule has 0 heterocycles. The minimum Gasteiger partial charge on any atom is -0.0883 e. The first kappa shape index (κ1) is 17.6. The molecule has 0 aliphatic carbocycles. The molecule has 3 aromatic carbocycles. The third kappa shape index (κ3) is 4.46. The molecule has 0 aliphatic heterocycles. The normalized spacial score (nSPS) is 12.0. The third-order valence-electron chi connectivity index (χ3n) is 3.37. The summed E-state index contributed by atoms with van der Waals surface area (Å²) in [6.07, 6.45) is 0. The van der Waals surface area contributed by atoms with Crippen molar-refractivity contribution in [3.05, 3.63) is 100 Å². The SMILES string of the molecule is Clc1ccc(S/C(=C(\Br)c2ccccc2)c2ccc(Cl)cc2)cc1. The Morgan fingerprint density at radius 1 is 0.667 bits per heavy atom. The van der Waals surface area contributed by atoms with Gasteiger partial charge in [0.25, 0.3) is 0 Å². The van der Waals surface area contributed by atoms with Gasteiger partial charge in [-0.3, -0.25) is 0 Å². The first-order chi connectivity index (χ1) is 11.6. The van der Waals surface area contributed by atoms with Crippen LogP contribution in [0.15, 0.2) is 83.8 Å². The fourth-order valence-electron chi connectivity index (χ4n) is 2.17. The van der Waals surface area contributed by atoms with Gasteiger partial charge in [-0.2, -0.15) is 0 Å². The highest BCUT2D eigenvalue weighted by molar-refractivity contribution is 9.15. The zero-order valence-corrected chi connectivity index (χ0v) is 16.5. The molecular weight excluding hydrogens is 423 g/mol. The average Bonchev–Trinajstić information content (AvgIpc) is 2.62. The minimum atomic E-state index is 0.727. The summed E-state index contributed by atoms with van der Waals surface area (Å²) in [7, 11) is 0. The molecule has 0 spiro atoms. The Morgan fingerprint density at radius 2 is 1.21 bits per heavy atom. The second-order valence-corrected chi connectivity index (χ2v) is 7.82. The van der Waals surface area contributed by atoms with Gasteiger partial charge < -0.3 is 0 Å². The van der Waals surface area contributed by atoms with Crippen LogP contribution in [-0.4, -0.2) is 0 Å². The summed E-state index contributed by atoms with van der Waals surface area (Å²) in [5.41, 5.74) is 2.24. The molecule has 0 radical (unpaired) electrons. The zero-order chi connectivity index (χ0) is 16.9. The maximum Gasteiger partial charge on any atom is 0.0406 e.